The highest BCUT2D eigenvalue weighted by atomic mass is 32.2. The van der Waals surface area contributed by atoms with Crippen molar-refractivity contribution in [3.8, 4) is 5.75 Å². The molecular weight excluding hydrogens is 434 g/mol. The number of carbonyl (C=O) groups is 2. The maximum Gasteiger partial charge on any atom is 0.245 e. The van der Waals surface area contributed by atoms with Gasteiger partial charge in [-0.05, 0) is 31.4 Å². The molecule has 1 aliphatic carbocycles. The Morgan fingerprint density at radius 3 is 2.50 bits per heavy atom. The molecule has 0 spiro atoms. The third kappa shape index (κ3) is 4.61. The zero-order valence-corrected chi connectivity index (χ0v) is 19.1. The molecule has 11 heteroatoms. The number of amides is 2. The smallest absolute Gasteiger partial charge is 0.245 e. The lowest BCUT2D eigenvalue weighted by molar-refractivity contribution is -0.134. The van der Waals surface area contributed by atoms with Crippen LogP contribution in [0.3, 0.4) is 0 Å². The first-order valence-corrected chi connectivity index (χ1v) is 12.6. The number of hydrogen-bond acceptors (Lipinski definition) is 7. The number of ether oxygens (including phenoxy) is 1. The van der Waals surface area contributed by atoms with E-state index in [-0.39, 0.29) is 29.0 Å². The summed E-state index contributed by atoms with van der Waals surface area (Å²) in [6.45, 7) is 3.05. The highest BCUT2D eigenvalue weighted by molar-refractivity contribution is 7.89. The molecule has 2 aliphatic heterocycles. The van der Waals surface area contributed by atoms with Crippen molar-refractivity contribution >= 4 is 27.5 Å². The van der Waals surface area contributed by atoms with Crippen LogP contribution in [0.1, 0.15) is 25.7 Å². The average molecular weight is 466 g/mol. The van der Waals surface area contributed by atoms with Crippen LogP contribution in [0.2, 0.25) is 0 Å². The first-order chi connectivity index (χ1) is 15.4. The Morgan fingerprint density at radius 1 is 1.22 bits per heavy atom. The van der Waals surface area contributed by atoms with Gasteiger partial charge in [-0.2, -0.15) is 4.72 Å². The number of para-hydroxylation sites is 1. The highest BCUT2D eigenvalue weighted by Gasteiger charge is 2.36. The van der Waals surface area contributed by atoms with Crippen molar-refractivity contribution in [2.75, 3.05) is 51.3 Å². The van der Waals surface area contributed by atoms with Crippen molar-refractivity contribution in [2.24, 2.45) is 5.73 Å². The topological polar surface area (TPSA) is 125 Å². The number of hydrogen-bond donors (Lipinski definition) is 2. The van der Waals surface area contributed by atoms with Crippen molar-refractivity contribution in [1.29, 1.82) is 0 Å². The fourth-order valence-corrected chi connectivity index (χ4v) is 5.84. The van der Waals surface area contributed by atoms with E-state index in [1.54, 1.807) is 17.0 Å². The largest absolute Gasteiger partial charge is 0.493 e. The number of nitrogens with zero attached hydrogens (tertiary/aromatic N) is 3. The van der Waals surface area contributed by atoms with Crippen molar-refractivity contribution in [1.82, 2.24) is 14.5 Å². The van der Waals surface area contributed by atoms with E-state index in [4.69, 9.17) is 10.5 Å². The third-order valence-corrected chi connectivity index (χ3v) is 7.83. The first-order valence-electron chi connectivity index (χ1n) is 11.1. The van der Waals surface area contributed by atoms with Crippen LogP contribution in [0.15, 0.2) is 23.1 Å². The minimum atomic E-state index is -4.13. The monoisotopic (exact) mass is 465 g/mol. The van der Waals surface area contributed by atoms with E-state index in [2.05, 4.69) is 9.62 Å². The Balaban J connectivity index is 1.51. The van der Waals surface area contributed by atoms with E-state index in [9.17, 15) is 18.0 Å². The second-order valence-corrected chi connectivity index (χ2v) is 10.1. The molecule has 1 atom stereocenters. The second kappa shape index (κ2) is 9.34. The number of anilines is 1. The zero-order valence-electron chi connectivity index (χ0n) is 18.3. The summed E-state index contributed by atoms with van der Waals surface area (Å²) in [5.41, 5.74) is 6.21. The SMILES string of the molecule is COc1c(N2CCCC2=O)cccc1S(=O)(=O)N[C@@H](CN)C(=O)N1CCN(C2CC2)CC1. The molecule has 3 fully saturated rings. The quantitative estimate of drug-likeness (QED) is 0.542. The minimum absolute atomic E-state index is 0.0776. The summed E-state index contributed by atoms with van der Waals surface area (Å²) in [6.07, 6.45) is 3.54. The van der Waals surface area contributed by atoms with Crippen LogP contribution >= 0.6 is 0 Å². The van der Waals surface area contributed by atoms with Gasteiger partial charge >= 0.3 is 0 Å². The maximum absolute atomic E-state index is 13.2. The second-order valence-electron chi connectivity index (χ2n) is 8.46. The van der Waals surface area contributed by atoms with Crippen LogP contribution in [0, 0.1) is 0 Å². The average Bonchev–Trinajstić information content (AvgIpc) is 3.57. The third-order valence-electron chi connectivity index (χ3n) is 6.34. The van der Waals surface area contributed by atoms with Gasteiger partial charge in [0.1, 0.15) is 10.9 Å². The van der Waals surface area contributed by atoms with Crippen LogP contribution in [-0.4, -0.2) is 88.5 Å². The molecule has 3 aliphatic rings. The van der Waals surface area contributed by atoms with Gasteiger partial charge in [0.2, 0.25) is 21.8 Å². The van der Waals surface area contributed by atoms with Gasteiger partial charge in [0.15, 0.2) is 5.75 Å². The summed E-state index contributed by atoms with van der Waals surface area (Å²) in [6, 6.07) is 4.19. The molecule has 1 aromatic rings. The molecule has 176 valence electrons. The lowest BCUT2D eigenvalue weighted by Gasteiger charge is -2.36. The minimum Gasteiger partial charge on any atom is -0.493 e. The Morgan fingerprint density at radius 2 is 1.94 bits per heavy atom. The summed E-state index contributed by atoms with van der Waals surface area (Å²) in [7, 11) is -2.77. The molecule has 1 aromatic carbocycles. The first kappa shape index (κ1) is 23.0. The molecule has 3 N–H and O–H groups in total. The van der Waals surface area contributed by atoms with E-state index in [1.807, 2.05) is 0 Å². The number of piperazine rings is 1. The van der Waals surface area contributed by atoms with Gasteiger partial charge < -0.3 is 20.3 Å². The molecule has 0 unspecified atom stereocenters. The van der Waals surface area contributed by atoms with Crippen LogP contribution < -0.4 is 20.1 Å². The van der Waals surface area contributed by atoms with Crippen LogP contribution in [0.5, 0.6) is 5.75 Å². The molecule has 32 heavy (non-hydrogen) atoms. The van der Waals surface area contributed by atoms with Crippen molar-refractivity contribution in [3.05, 3.63) is 18.2 Å². The van der Waals surface area contributed by atoms with E-state index in [0.29, 0.717) is 44.2 Å². The van der Waals surface area contributed by atoms with Gasteiger partial charge in [-0.15, -0.1) is 0 Å². The number of rotatable bonds is 8. The predicted molar refractivity (Wildman–Crippen MR) is 119 cm³/mol. The predicted octanol–water partition coefficient (Wildman–Crippen LogP) is -0.266. The van der Waals surface area contributed by atoms with Crippen LogP contribution in [0.4, 0.5) is 5.69 Å². The van der Waals surface area contributed by atoms with Gasteiger partial charge in [0.05, 0.1) is 12.8 Å². The van der Waals surface area contributed by atoms with Gasteiger partial charge in [-0.1, -0.05) is 6.07 Å². The fraction of sp³-hybridized carbons (Fsp3) is 0.619. The van der Waals surface area contributed by atoms with Crippen molar-refractivity contribution < 1.29 is 22.7 Å². The number of benzene rings is 1. The highest BCUT2D eigenvalue weighted by Crippen LogP contribution is 2.37. The molecule has 10 nitrogen and oxygen atoms in total. The molecule has 0 radical (unpaired) electrons. The van der Waals surface area contributed by atoms with Crippen molar-refractivity contribution in [3.63, 3.8) is 0 Å². The molecule has 0 aromatic heterocycles. The van der Waals surface area contributed by atoms with Crippen LogP contribution in [0.25, 0.3) is 0 Å². The number of carbonyl (C=O) groups excluding carboxylic acids is 2. The Kier molecular flexibility index (Phi) is 6.70. The van der Waals surface area contributed by atoms with Crippen LogP contribution in [-0.2, 0) is 19.6 Å². The van der Waals surface area contributed by atoms with E-state index in [1.165, 1.54) is 30.9 Å². The van der Waals surface area contributed by atoms with E-state index >= 15 is 0 Å². The van der Waals surface area contributed by atoms with Gasteiger partial charge in [0.25, 0.3) is 0 Å². The van der Waals surface area contributed by atoms with Crippen molar-refractivity contribution in [2.45, 2.75) is 42.7 Å². The normalized spacial score (nSPS) is 21.1. The summed E-state index contributed by atoms with van der Waals surface area (Å²) in [5, 5.41) is 0. The maximum atomic E-state index is 13.2. The van der Waals surface area contributed by atoms with E-state index in [0.717, 1.165) is 13.1 Å². The fourth-order valence-electron chi connectivity index (χ4n) is 4.45. The Labute approximate surface area is 188 Å². The molecule has 0 bridgehead atoms. The Bertz CT molecular complexity index is 973. The number of sulfonamides is 1. The molecular formula is C21H31N5O5S. The number of nitrogens with two attached hydrogens (primary N) is 1. The zero-order chi connectivity index (χ0) is 22.9. The molecule has 4 rings (SSSR count). The summed E-state index contributed by atoms with van der Waals surface area (Å²) >= 11 is 0. The van der Waals surface area contributed by atoms with Gasteiger partial charge in [-0.25, -0.2) is 8.42 Å². The van der Waals surface area contributed by atoms with Gasteiger partial charge in [-0.3, -0.25) is 14.5 Å². The Hall–Kier alpha value is -2.21. The number of methoxy groups -OCH3 is 1. The lowest BCUT2D eigenvalue weighted by Crippen LogP contribution is -2.57. The van der Waals surface area contributed by atoms with Gasteiger partial charge in [0, 0.05) is 51.7 Å². The summed E-state index contributed by atoms with van der Waals surface area (Å²) < 4.78 is 34.4. The molecule has 1 saturated carbocycles. The number of nitrogens with one attached hydrogen (secondary N) is 1. The standard InChI is InChI=1S/C21H31N5O5S/c1-31-20-17(26-9-3-6-19(26)27)4-2-5-18(20)32(29,30)23-16(14-22)21(28)25-12-10-24(11-13-25)15-7-8-15/h2,4-5,15-16,23H,3,6-14,22H2,1H3/t16-/m0/s1. The summed E-state index contributed by atoms with van der Waals surface area (Å²) in [4.78, 5) is 30.7. The molecule has 2 saturated heterocycles. The molecule has 2 heterocycles. The lowest BCUT2D eigenvalue weighted by atomic mass is 10.2. The van der Waals surface area contributed by atoms with E-state index < -0.39 is 16.1 Å². The summed E-state index contributed by atoms with van der Waals surface area (Å²) in [5.74, 6) is -0.320. The molecule has 2 amide bonds.